The Labute approximate surface area is 68.2 Å². The summed E-state index contributed by atoms with van der Waals surface area (Å²) in [6.07, 6.45) is 0.928. The van der Waals surface area contributed by atoms with Crippen molar-refractivity contribution in [1.82, 2.24) is 0 Å². The molecule has 62 valence electrons. The van der Waals surface area contributed by atoms with Crippen LogP contribution in [-0.2, 0) is 0 Å². The second-order valence-corrected chi connectivity index (χ2v) is 4.52. The smallest absolute Gasteiger partial charge is 0.0441 e. The highest BCUT2D eigenvalue weighted by molar-refractivity contribution is 7.99. The molecule has 0 saturated carbocycles. The fourth-order valence-corrected chi connectivity index (χ4v) is 1.61. The van der Waals surface area contributed by atoms with Gasteiger partial charge in [-0.2, -0.15) is 11.8 Å². The van der Waals surface area contributed by atoms with E-state index in [-0.39, 0.29) is 0 Å². The summed E-state index contributed by atoms with van der Waals surface area (Å²) in [5, 5.41) is 9.21. The van der Waals surface area contributed by atoms with Crippen molar-refractivity contribution in [3.05, 3.63) is 0 Å². The molecule has 0 saturated heterocycles. The average molecular weight is 162 g/mol. The van der Waals surface area contributed by atoms with Crippen LogP contribution < -0.4 is 0 Å². The highest BCUT2D eigenvalue weighted by Gasteiger charge is 2.02. The molecule has 0 fully saturated rings. The quantitative estimate of drug-likeness (QED) is 0.668. The van der Waals surface area contributed by atoms with E-state index in [1.54, 1.807) is 0 Å². The standard InChI is InChI=1S/C8H18OS/c1-7(2)6-10-8(3)4-5-9/h7-9H,4-6H2,1-3H3. The first-order valence-electron chi connectivity index (χ1n) is 3.89. The number of hydrogen-bond donors (Lipinski definition) is 1. The first-order chi connectivity index (χ1) is 4.66. The van der Waals surface area contributed by atoms with Gasteiger partial charge in [-0.15, -0.1) is 0 Å². The second-order valence-electron chi connectivity index (χ2n) is 3.05. The van der Waals surface area contributed by atoms with E-state index >= 15 is 0 Å². The van der Waals surface area contributed by atoms with Crippen molar-refractivity contribution in [2.45, 2.75) is 32.4 Å². The van der Waals surface area contributed by atoms with Crippen LogP contribution in [0.25, 0.3) is 0 Å². The molecule has 0 radical (unpaired) electrons. The van der Waals surface area contributed by atoms with E-state index < -0.39 is 0 Å². The Morgan fingerprint density at radius 2 is 1.90 bits per heavy atom. The molecule has 1 N–H and O–H groups in total. The first-order valence-corrected chi connectivity index (χ1v) is 4.94. The first kappa shape index (κ1) is 10.3. The zero-order chi connectivity index (χ0) is 7.98. The van der Waals surface area contributed by atoms with Crippen LogP contribution in [0.1, 0.15) is 27.2 Å². The largest absolute Gasteiger partial charge is 0.396 e. The number of aliphatic hydroxyl groups is 1. The van der Waals surface area contributed by atoms with E-state index in [1.165, 1.54) is 5.75 Å². The molecule has 0 heterocycles. The van der Waals surface area contributed by atoms with Crippen molar-refractivity contribution in [2.75, 3.05) is 12.4 Å². The zero-order valence-corrected chi connectivity index (χ0v) is 7.95. The summed E-state index contributed by atoms with van der Waals surface area (Å²) >= 11 is 1.95. The highest BCUT2D eigenvalue weighted by atomic mass is 32.2. The van der Waals surface area contributed by atoms with Crippen LogP contribution >= 0.6 is 11.8 Å². The van der Waals surface area contributed by atoms with Gasteiger partial charge in [-0.05, 0) is 18.1 Å². The Morgan fingerprint density at radius 1 is 1.30 bits per heavy atom. The van der Waals surface area contributed by atoms with E-state index in [2.05, 4.69) is 20.8 Å². The number of aliphatic hydroxyl groups excluding tert-OH is 1. The average Bonchev–Trinajstić information content (AvgIpc) is 1.85. The van der Waals surface area contributed by atoms with Gasteiger partial charge in [-0.1, -0.05) is 20.8 Å². The summed E-state index contributed by atoms with van der Waals surface area (Å²) in [6.45, 7) is 6.94. The molecule has 1 atom stereocenters. The van der Waals surface area contributed by atoms with Gasteiger partial charge >= 0.3 is 0 Å². The van der Waals surface area contributed by atoms with Crippen molar-refractivity contribution in [2.24, 2.45) is 5.92 Å². The molecule has 0 amide bonds. The van der Waals surface area contributed by atoms with Crippen LogP contribution in [-0.4, -0.2) is 22.7 Å². The number of hydrogen-bond acceptors (Lipinski definition) is 2. The minimum atomic E-state index is 0.326. The third-order valence-corrected chi connectivity index (χ3v) is 2.91. The van der Waals surface area contributed by atoms with E-state index in [1.807, 2.05) is 11.8 Å². The van der Waals surface area contributed by atoms with Gasteiger partial charge in [0.05, 0.1) is 0 Å². The van der Waals surface area contributed by atoms with Crippen molar-refractivity contribution in [1.29, 1.82) is 0 Å². The van der Waals surface area contributed by atoms with E-state index in [0.29, 0.717) is 11.9 Å². The zero-order valence-electron chi connectivity index (χ0n) is 7.13. The molecule has 0 aliphatic carbocycles. The van der Waals surface area contributed by atoms with Crippen molar-refractivity contribution in [3.63, 3.8) is 0 Å². The molecule has 2 heteroatoms. The molecule has 0 aliphatic rings. The lowest BCUT2D eigenvalue weighted by molar-refractivity contribution is 0.289. The third-order valence-electron chi connectivity index (χ3n) is 1.25. The van der Waals surface area contributed by atoms with Gasteiger partial charge in [0.25, 0.3) is 0 Å². The van der Waals surface area contributed by atoms with Crippen LogP contribution in [0.5, 0.6) is 0 Å². The molecule has 0 aromatic rings. The van der Waals surface area contributed by atoms with Crippen LogP contribution in [0.2, 0.25) is 0 Å². The Morgan fingerprint density at radius 3 is 2.30 bits per heavy atom. The van der Waals surface area contributed by atoms with Crippen molar-refractivity contribution >= 4 is 11.8 Å². The van der Waals surface area contributed by atoms with Gasteiger partial charge < -0.3 is 5.11 Å². The molecule has 0 aromatic carbocycles. The van der Waals surface area contributed by atoms with E-state index in [9.17, 15) is 0 Å². The molecule has 1 unspecified atom stereocenters. The lowest BCUT2D eigenvalue weighted by Gasteiger charge is -2.10. The maximum atomic E-state index is 8.59. The van der Waals surface area contributed by atoms with Gasteiger partial charge in [0, 0.05) is 11.9 Å². The van der Waals surface area contributed by atoms with Crippen LogP contribution in [0.4, 0.5) is 0 Å². The van der Waals surface area contributed by atoms with Crippen LogP contribution in [0, 0.1) is 5.92 Å². The van der Waals surface area contributed by atoms with Crippen molar-refractivity contribution in [3.8, 4) is 0 Å². The van der Waals surface area contributed by atoms with E-state index in [0.717, 1.165) is 12.3 Å². The molecule has 0 aliphatic heterocycles. The second kappa shape index (κ2) is 6.05. The van der Waals surface area contributed by atoms with Gasteiger partial charge in [0.1, 0.15) is 0 Å². The summed E-state index contributed by atoms with van der Waals surface area (Å²) in [7, 11) is 0. The summed E-state index contributed by atoms with van der Waals surface area (Å²) in [4.78, 5) is 0. The fraction of sp³-hybridized carbons (Fsp3) is 1.00. The summed E-state index contributed by atoms with van der Waals surface area (Å²) in [5.41, 5.74) is 0. The molecule has 0 aromatic heterocycles. The Bertz CT molecular complexity index is 73.7. The molecule has 10 heavy (non-hydrogen) atoms. The highest BCUT2D eigenvalue weighted by Crippen LogP contribution is 2.16. The third kappa shape index (κ3) is 6.43. The topological polar surface area (TPSA) is 20.2 Å². The minimum Gasteiger partial charge on any atom is -0.396 e. The SMILES string of the molecule is CC(C)CSC(C)CCO. The molecule has 1 nitrogen and oxygen atoms in total. The molecular formula is C8H18OS. The predicted molar refractivity (Wildman–Crippen MR) is 48.5 cm³/mol. The lowest BCUT2D eigenvalue weighted by atomic mass is 10.3. The maximum Gasteiger partial charge on any atom is 0.0441 e. The Balaban J connectivity index is 3.12. The normalized spacial score (nSPS) is 14.1. The fourth-order valence-electron chi connectivity index (χ4n) is 0.622. The van der Waals surface area contributed by atoms with Gasteiger partial charge in [0.15, 0.2) is 0 Å². The van der Waals surface area contributed by atoms with Gasteiger partial charge in [0.2, 0.25) is 0 Å². The van der Waals surface area contributed by atoms with E-state index in [4.69, 9.17) is 5.11 Å². The molecular weight excluding hydrogens is 144 g/mol. The minimum absolute atomic E-state index is 0.326. The Hall–Kier alpha value is 0.310. The number of rotatable bonds is 5. The van der Waals surface area contributed by atoms with Crippen molar-refractivity contribution < 1.29 is 5.11 Å². The van der Waals surface area contributed by atoms with Crippen LogP contribution in [0.15, 0.2) is 0 Å². The summed E-state index contributed by atoms with van der Waals surface area (Å²) in [5.74, 6) is 1.98. The predicted octanol–water partition coefficient (Wildman–Crippen LogP) is 2.15. The van der Waals surface area contributed by atoms with Crippen LogP contribution in [0.3, 0.4) is 0 Å². The molecule has 0 rings (SSSR count). The van der Waals surface area contributed by atoms with Gasteiger partial charge in [-0.3, -0.25) is 0 Å². The van der Waals surface area contributed by atoms with Gasteiger partial charge in [-0.25, -0.2) is 0 Å². The lowest BCUT2D eigenvalue weighted by Crippen LogP contribution is -2.03. The maximum absolute atomic E-state index is 8.59. The monoisotopic (exact) mass is 162 g/mol. The molecule has 0 spiro atoms. The Kier molecular flexibility index (Phi) is 6.24. The summed E-state index contributed by atoms with van der Waals surface area (Å²) < 4.78 is 0. The molecule has 0 bridgehead atoms. The summed E-state index contributed by atoms with van der Waals surface area (Å²) in [6, 6.07) is 0. The number of thioether (sulfide) groups is 1.